The Morgan fingerprint density at radius 2 is 1.89 bits per heavy atom. The van der Waals surface area contributed by atoms with Crippen molar-refractivity contribution in [2.45, 2.75) is 57.0 Å². The zero-order chi connectivity index (χ0) is 25.2. The van der Waals surface area contributed by atoms with Gasteiger partial charge in [-0.25, -0.2) is 9.78 Å². The molecule has 1 heterocycles. The fraction of sp³-hybridized carbons (Fsp3) is 0.308. The second kappa shape index (κ2) is 10.2. The van der Waals surface area contributed by atoms with Crippen molar-refractivity contribution < 1.29 is 23.1 Å². The molecule has 1 aliphatic rings. The SMILES string of the molecule is Cc1csc(S(=O)(=O)N(c2cc3c(cc2OCc2ccc(/C=C/C(=O)O)cc2)CCC3)C(C)C)n1. The summed E-state index contributed by atoms with van der Waals surface area (Å²) in [7, 11) is -3.87. The molecule has 0 saturated carbocycles. The molecule has 0 spiro atoms. The van der Waals surface area contributed by atoms with Crippen LogP contribution in [-0.4, -0.2) is 30.5 Å². The zero-order valence-electron chi connectivity index (χ0n) is 19.9. The first-order valence-corrected chi connectivity index (χ1v) is 13.7. The van der Waals surface area contributed by atoms with Crippen LogP contribution in [0, 0.1) is 6.92 Å². The van der Waals surface area contributed by atoms with E-state index in [1.54, 1.807) is 12.3 Å². The average molecular weight is 513 g/mol. The van der Waals surface area contributed by atoms with Gasteiger partial charge in [-0.05, 0) is 80.5 Å². The van der Waals surface area contributed by atoms with Crippen molar-refractivity contribution in [2.24, 2.45) is 0 Å². The summed E-state index contributed by atoms with van der Waals surface area (Å²) in [5, 5.41) is 10.5. The molecule has 2 aromatic carbocycles. The molecule has 0 saturated heterocycles. The number of ether oxygens (including phenoxy) is 1. The van der Waals surface area contributed by atoms with Gasteiger partial charge >= 0.3 is 5.97 Å². The van der Waals surface area contributed by atoms with E-state index in [4.69, 9.17) is 9.84 Å². The Bertz CT molecular complexity index is 1360. The number of aliphatic carboxylic acids is 1. The predicted octanol–water partition coefficient (Wildman–Crippen LogP) is 5.22. The summed E-state index contributed by atoms with van der Waals surface area (Å²) >= 11 is 1.12. The Hall–Kier alpha value is -3.17. The molecule has 0 radical (unpaired) electrons. The molecule has 184 valence electrons. The smallest absolute Gasteiger partial charge is 0.328 e. The van der Waals surface area contributed by atoms with Gasteiger partial charge in [0, 0.05) is 23.2 Å². The van der Waals surface area contributed by atoms with E-state index in [9.17, 15) is 13.2 Å². The molecule has 35 heavy (non-hydrogen) atoms. The number of hydrogen-bond donors (Lipinski definition) is 1. The lowest BCUT2D eigenvalue weighted by Crippen LogP contribution is -2.37. The third-order valence-electron chi connectivity index (χ3n) is 5.75. The summed E-state index contributed by atoms with van der Waals surface area (Å²) in [5.41, 5.74) is 5.18. The highest BCUT2D eigenvalue weighted by molar-refractivity contribution is 7.94. The van der Waals surface area contributed by atoms with E-state index in [-0.39, 0.29) is 17.0 Å². The third kappa shape index (κ3) is 5.57. The molecule has 0 bridgehead atoms. The minimum atomic E-state index is -3.87. The summed E-state index contributed by atoms with van der Waals surface area (Å²) in [6.07, 6.45) is 5.50. The number of carbonyl (C=O) groups is 1. The van der Waals surface area contributed by atoms with Crippen molar-refractivity contribution in [3.63, 3.8) is 0 Å². The number of aromatic nitrogens is 1. The molecule has 0 unspecified atom stereocenters. The fourth-order valence-corrected chi connectivity index (χ4v) is 6.93. The van der Waals surface area contributed by atoms with E-state index < -0.39 is 16.0 Å². The Kier molecular flexibility index (Phi) is 7.28. The van der Waals surface area contributed by atoms with Gasteiger partial charge in [-0.2, -0.15) is 8.42 Å². The van der Waals surface area contributed by atoms with Gasteiger partial charge in [-0.15, -0.1) is 11.3 Å². The predicted molar refractivity (Wildman–Crippen MR) is 138 cm³/mol. The van der Waals surface area contributed by atoms with E-state index in [2.05, 4.69) is 4.98 Å². The lowest BCUT2D eigenvalue weighted by atomic mass is 10.1. The van der Waals surface area contributed by atoms with Crippen molar-refractivity contribution >= 4 is 39.1 Å². The number of hydrogen-bond acceptors (Lipinski definition) is 6. The van der Waals surface area contributed by atoms with E-state index >= 15 is 0 Å². The van der Waals surface area contributed by atoms with Gasteiger partial charge in [-0.3, -0.25) is 4.31 Å². The molecular weight excluding hydrogens is 484 g/mol. The molecule has 3 aromatic rings. The lowest BCUT2D eigenvalue weighted by molar-refractivity contribution is -0.131. The summed E-state index contributed by atoms with van der Waals surface area (Å²) in [6.45, 7) is 5.72. The minimum absolute atomic E-state index is 0.0696. The number of carboxylic acids is 1. The molecule has 0 amide bonds. The highest BCUT2D eigenvalue weighted by atomic mass is 32.2. The van der Waals surface area contributed by atoms with Crippen molar-refractivity contribution in [3.05, 3.63) is 75.8 Å². The van der Waals surface area contributed by atoms with Gasteiger partial charge < -0.3 is 9.84 Å². The van der Waals surface area contributed by atoms with Crippen LogP contribution in [0.1, 0.15) is 48.2 Å². The number of aryl methyl sites for hydroxylation is 3. The highest BCUT2D eigenvalue weighted by Gasteiger charge is 2.33. The largest absolute Gasteiger partial charge is 0.487 e. The van der Waals surface area contributed by atoms with Gasteiger partial charge in [0.15, 0.2) is 0 Å². The molecule has 1 aromatic heterocycles. The first-order valence-electron chi connectivity index (χ1n) is 11.4. The van der Waals surface area contributed by atoms with Gasteiger partial charge in [0.2, 0.25) is 4.34 Å². The number of fused-ring (bicyclic) bond motifs is 1. The van der Waals surface area contributed by atoms with E-state index in [1.165, 1.54) is 15.9 Å². The third-order valence-corrected chi connectivity index (χ3v) is 9.09. The first kappa shape index (κ1) is 24.9. The van der Waals surface area contributed by atoms with Gasteiger partial charge in [-0.1, -0.05) is 24.3 Å². The summed E-state index contributed by atoms with van der Waals surface area (Å²) in [4.78, 5) is 15.0. The van der Waals surface area contributed by atoms with Crippen LogP contribution in [-0.2, 0) is 34.3 Å². The van der Waals surface area contributed by atoms with Crippen molar-refractivity contribution in [1.29, 1.82) is 0 Å². The number of rotatable bonds is 9. The number of nitrogens with zero attached hydrogens (tertiary/aromatic N) is 2. The molecule has 1 N–H and O–H groups in total. The van der Waals surface area contributed by atoms with Crippen LogP contribution >= 0.6 is 11.3 Å². The second-order valence-electron chi connectivity index (χ2n) is 8.79. The lowest BCUT2D eigenvalue weighted by Gasteiger charge is -2.29. The second-order valence-corrected chi connectivity index (χ2v) is 11.6. The fourth-order valence-electron chi connectivity index (χ4n) is 4.15. The number of sulfonamides is 1. The summed E-state index contributed by atoms with van der Waals surface area (Å²) < 4.78 is 35.0. The molecule has 4 rings (SSSR count). The normalized spacial score (nSPS) is 13.4. The number of anilines is 1. The Morgan fingerprint density at radius 3 is 2.49 bits per heavy atom. The topological polar surface area (TPSA) is 96.8 Å². The van der Waals surface area contributed by atoms with Crippen molar-refractivity contribution in [2.75, 3.05) is 4.31 Å². The molecule has 0 aliphatic heterocycles. The van der Waals surface area contributed by atoms with Gasteiger partial charge in [0.1, 0.15) is 12.4 Å². The van der Waals surface area contributed by atoms with Crippen LogP contribution in [0.3, 0.4) is 0 Å². The quantitative estimate of drug-likeness (QED) is 0.395. The molecule has 9 heteroatoms. The average Bonchev–Trinajstić information content (AvgIpc) is 3.45. The molecule has 0 fully saturated rings. The molecular formula is C26H28N2O5S2. The summed E-state index contributed by atoms with van der Waals surface area (Å²) in [6, 6.07) is 10.9. The molecule has 7 nitrogen and oxygen atoms in total. The minimum Gasteiger partial charge on any atom is -0.487 e. The number of thiazole rings is 1. The van der Waals surface area contributed by atoms with Crippen LogP contribution in [0.4, 0.5) is 5.69 Å². The van der Waals surface area contributed by atoms with Crippen LogP contribution in [0.2, 0.25) is 0 Å². The maximum atomic E-state index is 13.6. The molecule has 1 aliphatic carbocycles. The van der Waals surface area contributed by atoms with E-state index in [0.29, 0.717) is 17.1 Å². The van der Waals surface area contributed by atoms with Crippen molar-refractivity contribution in [3.8, 4) is 5.75 Å². The van der Waals surface area contributed by atoms with E-state index in [1.807, 2.05) is 50.2 Å². The van der Waals surface area contributed by atoms with Gasteiger partial charge in [0.05, 0.1) is 5.69 Å². The van der Waals surface area contributed by atoms with Crippen LogP contribution in [0.15, 0.2) is 52.2 Å². The number of benzene rings is 2. The maximum absolute atomic E-state index is 13.6. The maximum Gasteiger partial charge on any atom is 0.328 e. The molecule has 0 atom stereocenters. The first-order chi connectivity index (χ1) is 16.6. The van der Waals surface area contributed by atoms with E-state index in [0.717, 1.165) is 53.4 Å². The number of carboxylic acid groups (broad SMARTS) is 1. The van der Waals surface area contributed by atoms with Crippen LogP contribution in [0.5, 0.6) is 5.75 Å². The monoisotopic (exact) mass is 512 g/mol. The van der Waals surface area contributed by atoms with Crippen LogP contribution in [0.25, 0.3) is 6.08 Å². The Balaban J connectivity index is 1.67. The van der Waals surface area contributed by atoms with Crippen LogP contribution < -0.4 is 9.04 Å². The van der Waals surface area contributed by atoms with Gasteiger partial charge in [0.25, 0.3) is 10.0 Å². The standard InChI is InChI=1S/C26H28N2O5S2/c1-17(2)28(35(31,32)26-27-18(3)16-34-26)23-13-21-5-4-6-22(21)14-24(23)33-15-20-9-7-19(8-10-20)11-12-25(29)30/h7-14,16-17H,4-6,15H2,1-3H3,(H,29,30)/b12-11+. The Morgan fingerprint density at radius 1 is 1.20 bits per heavy atom. The zero-order valence-corrected chi connectivity index (χ0v) is 21.5. The summed E-state index contributed by atoms with van der Waals surface area (Å²) in [5.74, 6) is -0.481. The highest BCUT2D eigenvalue weighted by Crippen LogP contribution is 2.40. The Labute approximate surface area is 209 Å². The van der Waals surface area contributed by atoms with Crippen molar-refractivity contribution in [1.82, 2.24) is 4.98 Å².